The number of hydrogen-bond acceptors (Lipinski definition) is 3. The van der Waals surface area contributed by atoms with E-state index in [1.165, 1.54) is 69.0 Å². The third-order valence-electron chi connectivity index (χ3n) is 6.07. The van der Waals surface area contributed by atoms with Crippen molar-refractivity contribution in [3.05, 3.63) is 36.2 Å². The van der Waals surface area contributed by atoms with Crippen LogP contribution in [-0.2, 0) is 11.3 Å². The van der Waals surface area contributed by atoms with Gasteiger partial charge < -0.3 is 19.7 Å². The molecule has 4 nitrogen and oxygen atoms in total. The minimum atomic E-state index is 0.255. The van der Waals surface area contributed by atoms with E-state index in [2.05, 4.69) is 76.2 Å². The molecule has 1 aliphatic heterocycles. The number of nitrogens with one attached hydrogen (secondary N) is 1. The standard InChI is InChI=1S/C21H36N2O.C3H8.C3H6.C2H2.CH4O/c1-4-8-19-11-12-20(24-19)23-14-13-17(21(23)16(3)5-2)15-22-18-9-6-7-10-18;2*1-3-2;2*1-2/h13-14,16,18-20,22H,4-12,15H2,1-3H3;3H2,1-2H3;3H,1H2,2H3;1-2H;2H,1H3. The van der Waals surface area contributed by atoms with Gasteiger partial charge in [-0.2, -0.15) is 0 Å². The highest BCUT2D eigenvalue weighted by Crippen LogP contribution is 2.35. The molecule has 3 atom stereocenters. The molecule has 34 heavy (non-hydrogen) atoms. The Labute approximate surface area is 212 Å². The van der Waals surface area contributed by atoms with Crippen LogP contribution in [0, 0.1) is 12.8 Å². The second-order valence-electron chi connectivity index (χ2n) is 9.00. The van der Waals surface area contributed by atoms with Crippen molar-refractivity contribution in [1.29, 1.82) is 0 Å². The van der Waals surface area contributed by atoms with E-state index in [0.717, 1.165) is 26.1 Å². The fourth-order valence-electron chi connectivity index (χ4n) is 4.48. The van der Waals surface area contributed by atoms with E-state index in [-0.39, 0.29) is 6.23 Å². The third kappa shape index (κ3) is 12.8. The van der Waals surface area contributed by atoms with Crippen LogP contribution < -0.4 is 5.32 Å². The Kier molecular flexibility index (Phi) is 23.6. The van der Waals surface area contributed by atoms with Crippen LogP contribution in [0.2, 0.25) is 0 Å². The van der Waals surface area contributed by atoms with Gasteiger partial charge in [0.1, 0.15) is 6.23 Å². The Morgan fingerprint density at radius 2 is 1.71 bits per heavy atom. The molecule has 1 aromatic rings. The number of aliphatic hydroxyl groups excluding tert-OH is 1. The zero-order chi connectivity index (χ0) is 26.4. The van der Waals surface area contributed by atoms with Crippen molar-refractivity contribution < 1.29 is 9.84 Å². The first kappa shape index (κ1) is 34.6. The molecule has 2 heterocycles. The number of allylic oxidation sites excluding steroid dienone is 1. The van der Waals surface area contributed by atoms with Crippen LogP contribution in [0.15, 0.2) is 24.9 Å². The highest BCUT2D eigenvalue weighted by molar-refractivity contribution is 5.26. The van der Waals surface area contributed by atoms with Crippen molar-refractivity contribution in [1.82, 2.24) is 9.88 Å². The molecule has 0 aromatic carbocycles. The molecule has 3 unspecified atom stereocenters. The average Bonchev–Trinajstić information content (AvgIpc) is 3.62. The lowest BCUT2D eigenvalue weighted by atomic mass is 10.0. The number of terminal acetylenes is 1. The summed E-state index contributed by atoms with van der Waals surface area (Å²) >= 11 is 0. The summed E-state index contributed by atoms with van der Waals surface area (Å²) in [5.41, 5.74) is 2.99. The van der Waals surface area contributed by atoms with E-state index in [9.17, 15) is 0 Å². The molecule has 0 radical (unpaired) electrons. The molecule has 4 heteroatoms. The fraction of sp³-hybridized carbons (Fsp3) is 0.733. The Hall–Kier alpha value is -1.54. The molecule has 0 bridgehead atoms. The quantitative estimate of drug-likeness (QED) is 0.295. The molecular weight excluding hydrogens is 420 g/mol. The first-order valence-corrected chi connectivity index (χ1v) is 13.5. The van der Waals surface area contributed by atoms with Crippen LogP contribution in [0.4, 0.5) is 0 Å². The number of aliphatic hydroxyl groups is 1. The molecule has 0 amide bonds. The molecule has 198 valence electrons. The first-order valence-electron chi connectivity index (χ1n) is 13.5. The maximum absolute atomic E-state index is 7.00. The minimum Gasteiger partial charge on any atom is -0.400 e. The van der Waals surface area contributed by atoms with Gasteiger partial charge in [0.2, 0.25) is 0 Å². The van der Waals surface area contributed by atoms with Gasteiger partial charge in [-0.1, -0.05) is 66.4 Å². The number of nitrogens with zero attached hydrogens (tertiary/aromatic N) is 1. The second kappa shape index (κ2) is 23.2. The Bertz CT molecular complexity index is 602. The van der Waals surface area contributed by atoms with Crippen molar-refractivity contribution in [3.63, 3.8) is 0 Å². The van der Waals surface area contributed by atoms with Crippen molar-refractivity contribution in [3.8, 4) is 12.8 Å². The predicted octanol–water partition coefficient (Wildman–Crippen LogP) is 7.98. The summed E-state index contributed by atoms with van der Waals surface area (Å²) in [6.45, 7) is 17.4. The van der Waals surface area contributed by atoms with Crippen molar-refractivity contribution in [2.75, 3.05) is 7.11 Å². The van der Waals surface area contributed by atoms with E-state index >= 15 is 0 Å². The van der Waals surface area contributed by atoms with Crippen LogP contribution >= 0.6 is 0 Å². The summed E-state index contributed by atoms with van der Waals surface area (Å²) in [6, 6.07) is 3.06. The van der Waals surface area contributed by atoms with Gasteiger partial charge in [-0.05, 0) is 63.0 Å². The molecule has 1 aromatic heterocycles. The molecule has 3 rings (SSSR count). The van der Waals surface area contributed by atoms with Gasteiger partial charge in [0.25, 0.3) is 0 Å². The summed E-state index contributed by atoms with van der Waals surface area (Å²) in [5.74, 6) is 0.592. The topological polar surface area (TPSA) is 46.4 Å². The van der Waals surface area contributed by atoms with Crippen molar-refractivity contribution >= 4 is 0 Å². The Morgan fingerprint density at radius 3 is 2.21 bits per heavy atom. The van der Waals surface area contributed by atoms with Crippen LogP contribution in [0.25, 0.3) is 0 Å². The SMILES string of the molecule is C#C.C=CC.CCC.CCCC1CCC(n2ccc(CNC3CCCC3)c2C(C)CC)O1.CO. The fourth-order valence-corrected chi connectivity index (χ4v) is 4.48. The van der Waals surface area contributed by atoms with Gasteiger partial charge in [-0.15, -0.1) is 19.4 Å². The number of aromatic nitrogens is 1. The third-order valence-corrected chi connectivity index (χ3v) is 6.07. The van der Waals surface area contributed by atoms with Gasteiger partial charge in [0, 0.05) is 31.6 Å². The summed E-state index contributed by atoms with van der Waals surface area (Å²) < 4.78 is 8.81. The molecule has 2 N–H and O–H groups in total. The maximum atomic E-state index is 7.00. The molecule has 1 saturated carbocycles. The number of rotatable bonds is 8. The number of hydrogen-bond donors (Lipinski definition) is 2. The first-order chi connectivity index (χ1) is 16.6. The van der Waals surface area contributed by atoms with Gasteiger partial charge in [0.05, 0.1) is 6.10 Å². The van der Waals surface area contributed by atoms with Crippen LogP contribution in [0.1, 0.15) is 129 Å². The van der Waals surface area contributed by atoms with E-state index in [4.69, 9.17) is 9.84 Å². The van der Waals surface area contributed by atoms with Crippen molar-refractivity contribution in [2.24, 2.45) is 0 Å². The lowest BCUT2D eigenvalue weighted by Gasteiger charge is -2.23. The normalized spacial score (nSPS) is 19.7. The minimum absolute atomic E-state index is 0.255. The van der Waals surface area contributed by atoms with E-state index in [0.29, 0.717) is 12.0 Å². The van der Waals surface area contributed by atoms with E-state index < -0.39 is 0 Å². The lowest BCUT2D eigenvalue weighted by molar-refractivity contribution is -0.00329. The van der Waals surface area contributed by atoms with Crippen molar-refractivity contribution in [2.45, 2.75) is 137 Å². The van der Waals surface area contributed by atoms with E-state index in [1.54, 1.807) is 6.08 Å². The molecule has 1 saturated heterocycles. The Balaban J connectivity index is 0. The lowest BCUT2D eigenvalue weighted by Crippen LogP contribution is -2.26. The van der Waals surface area contributed by atoms with Crippen LogP contribution in [0.5, 0.6) is 0 Å². The van der Waals surface area contributed by atoms with Crippen LogP contribution in [0.3, 0.4) is 0 Å². The van der Waals surface area contributed by atoms with Gasteiger partial charge in [-0.25, -0.2) is 0 Å². The monoisotopic (exact) mass is 476 g/mol. The summed E-state index contributed by atoms with van der Waals surface area (Å²) in [4.78, 5) is 0. The Morgan fingerprint density at radius 1 is 1.15 bits per heavy atom. The smallest absolute Gasteiger partial charge is 0.134 e. The van der Waals surface area contributed by atoms with Gasteiger partial charge in [0.15, 0.2) is 0 Å². The highest BCUT2D eigenvalue weighted by Gasteiger charge is 2.29. The maximum Gasteiger partial charge on any atom is 0.134 e. The summed E-state index contributed by atoms with van der Waals surface area (Å²) in [6.07, 6.45) is 25.5. The van der Waals surface area contributed by atoms with Gasteiger partial charge >= 0.3 is 0 Å². The summed E-state index contributed by atoms with van der Waals surface area (Å²) in [7, 11) is 1.00. The average molecular weight is 477 g/mol. The highest BCUT2D eigenvalue weighted by atomic mass is 16.5. The predicted molar refractivity (Wildman–Crippen MR) is 150 cm³/mol. The zero-order valence-electron chi connectivity index (χ0n) is 23.5. The molecular formula is C30H56N2O2. The number of ether oxygens (including phenoxy) is 1. The van der Waals surface area contributed by atoms with Gasteiger partial charge in [-0.3, -0.25) is 0 Å². The summed E-state index contributed by atoms with van der Waals surface area (Å²) in [5, 5.41) is 10.8. The van der Waals surface area contributed by atoms with Crippen LogP contribution in [-0.4, -0.2) is 28.9 Å². The second-order valence-corrected chi connectivity index (χ2v) is 9.00. The molecule has 0 spiro atoms. The zero-order valence-corrected chi connectivity index (χ0v) is 23.5. The largest absolute Gasteiger partial charge is 0.400 e. The molecule has 1 aliphatic carbocycles. The molecule has 2 fully saturated rings. The molecule has 2 aliphatic rings. The van der Waals surface area contributed by atoms with E-state index in [1.807, 2.05) is 6.92 Å².